The minimum atomic E-state index is -2.89. The number of sulfone groups is 1. The van der Waals surface area contributed by atoms with Gasteiger partial charge in [0.1, 0.15) is 0 Å². The highest BCUT2D eigenvalue weighted by molar-refractivity contribution is 8.02. The number of hydrogen-bond donors (Lipinski definition) is 1. The van der Waals surface area contributed by atoms with E-state index < -0.39 is 9.84 Å². The van der Waals surface area contributed by atoms with Gasteiger partial charge in [-0.1, -0.05) is 6.07 Å². The molecule has 1 atom stereocenters. The number of amides is 1. The van der Waals surface area contributed by atoms with Gasteiger partial charge >= 0.3 is 0 Å². The number of thioether (sulfide) groups is 1. The molecule has 0 saturated carbocycles. The molecule has 0 radical (unpaired) electrons. The molecular weight excluding hydrogens is 350 g/mol. The standard InChI is InChI=1S/C16H23NO5S2/c1-3-22-14-5-4-12(8-15(14)21-2)9-17-16(18)10-23-13-6-7-24(19,20)11-13/h4-5,8,13H,3,6-7,9-11H2,1-2H3,(H,17,18). The predicted molar refractivity (Wildman–Crippen MR) is 95.5 cm³/mol. The molecule has 1 amide bonds. The maximum atomic E-state index is 11.9. The van der Waals surface area contributed by atoms with E-state index in [4.69, 9.17) is 9.47 Å². The summed E-state index contributed by atoms with van der Waals surface area (Å²) in [5.41, 5.74) is 0.914. The third-order valence-electron chi connectivity index (χ3n) is 3.66. The van der Waals surface area contributed by atoms with Crippen molar-refractivity contribution >= 4 is 27.5 Å². The molecule has 1 heterocycles. The molecule has 1 aromatic carbocycles. The SMILES string of the molecule is CCOc1ccc(CNC(=O)CSC2CCS(=O)(=O)C2)cc1OC. The summed E-state index contributed by atoms with van der Waals surface area (Å²) in [6, 6.07) is 5.54. The maximum absolute atomic E-state index is 11.9. The van der Waals surface area contributed by atoms with E-state index in [9.17, 15) is 13.2 Å². The summed E-state index contributed by atoms with van der Waals surface area (Å²) in [7, 11) is -1.32. The van der Waals surface area contributed by atoms with Crippen molar-refractivity contribution in [2.45, 2.75) is 25.1 Å². The molecule has 0 aliphatic carbocycles. The van der Waals surface area contributed by atoms with Crippen LogP contribution in [0.2, 0.25) is 0 Å². The summed E-state index contributed by atoms with van der Waals surface area (Å²) in [5.74, 6) is 1.90. The molecule has 8 heteroatoms. The van der Waals surface area contributed by atoms with Crippen LogP contribution in [-0.2, 0) is 21.2 Å². The zero-order chi connectivity index (χ0) is 17.6. The third-order valence-corrected chi connectivity index (χ3v) is 6.94. The van der Waals surface area contributed by atoms with Crippen LogP contribution in [0.5, 0.6) is 11.5 Å². The Balaban J connectivity index is 1.79. The highest BCUT2D eigenvalue weighted by atomic mass is 32.2. The van der Waals surface area contributed by atoms with E-state index in [0.29, 0.717) is 31.1 Å². The summed E-state index contributed by atoms with van der Waals surface area (Å²) in [5, 5.41) is 2.87. The number of benzene rings is 1. The molecule has 1 saturated heterocycles. The second-order valence-corrected chi connectivity index (χ2v) is 9.05. The number of ether oxygens (including phenoxy) is 2. The van der Waals surface area contributed by atoms with E-state index in [0.717, 1.165) is 5.56 Å². The van der Waals surface area contributed by atoms with E-state index in [2.05, 4.69) is 5.32 Å². The van der Waals surface area contributed by atoms with Crippen molar-refractivity contribution in [2.24, 2.45) is 0 Å². The molecule has 6 nitrogen and oxygen atoms in total. The van der Waals surface area contributed by atoms with Crippen LogP contribution < -0.4 is 14.8 Å². The minimum Gasteiger partial charge on any atom is -0.493 e. The molecular formula is C16H23NO5S2. The highest BCUT2D eigenvalue weighted by Crippen LogP contribution is 2.28. The molecule has 1 aromatic rings. The van der Waals surface area contributed by atoms with Gasteiger partial charge in [-0.3, -0.25) is 4.79 Å². The number of nitrogens with one attached hydrogen (secondary N) is 1. The largest absolute Gasteiger partial charge is 0.493 e. The van der Waals surface area contributed by atoms with Gasteiger partial charge in [0.05, 0.1) is 31.0 Å². The molecule has 1 fully saturated rings. The van der Waals surface area contributed by atoms with Gasteiger partial charge in [-0.2, -0.15) is 0 Å². The van der Waals surface area contributed by atoms with Crippen LogP contribution in [0.3, 0.4) is 0 Å². The van der Waals surface area contributed by atoms with E-state index in [1.807, 2.05) is 25.1 Å². The van der Waals surface area contributed by atoms with E-state index in [1.54, 1.807) is 7.11 Å². The lowest BCUT2D eigenvalue weighted by molar-refractivity contribution is -0.118. The Morgan fingerprint density at radius 2 is 2.17 bits per heavy atom. The van der Waals surface area contributed by atoms with E-state index in [1.165, 1.54) is 11.8 Å². The molecule has 0 bridgehead atoms. The average Bonchev–Trinajstić information content (AvgIpc) is 2.91. The molecule has 2 rings (SSSR count). The Morgan fingerprint density at radius 1 is 1.38 bits per heavy atom. The molecule has 0 spiro atoms. The fraction of sp³-hybridized carbons (Fsp3) is 0.562. The number of rotatable bonds is 8. The van der Waals surface area contributed by atoms with Gasteiger partial charge < -0.3 is 14.8 Å². The monoisotopic (exact) mass is 373 g/mol. The van der Waals surface area contributed by atoms with Gasteiger partial charge in [0, 0.05) is 11.8 Å². The Labute approximate surface area is 147 Å². The lowest BCUT2D eigenvalue weighted by Crippen LogP contribution is -2.25. The summed E-state index contributed by atoms with van der Waals surface area (Å²) in [6.07, 6.45) is 0.635. The van der Waals surface area contributed by atoms with Crippen LogP contribution in [0, 0.1) is 0 Å². The Kier molecular flexibility index (Phi) is 6.79. The zero-order valence-electron chi connectivity index (χ0n) is 13.9. The van der Waals surface area contributed by atoms with Crippen molar-refractivity contribution in [3.63, 3.8) is 0 Å². The lowest BCUT2D eigenvalue weighted by atomic mass is 10.2. The van der Waals surface area contributed by atoms with Crippen LogP contribution in [-0.4, -0.2) is 50.6 Å². The van der Waals surface area contributed by atoms with Crippen LogP contribution in [0.1, 0.15) is 18.9 Å². The van der Waals surface area contributed by atoms with Crippen molar-refractivity contribution in [1.82, 2.24) is 5.32 Å². The molecule has 1 N–H and O–H groups in total. The first-order valence-corrected chi connectivity index (χ1v) is 10.7. The van der Waals surface area contributed by atoms with E-state index >= 15 is 0 Å². The van der Waals surface area contributed by atoms with Gasteiger partial charge in [-0.15, -0.1) is 11.8 Å². The first-order valence-electron chi connectivity index (χ1n) is 7.82. The summed E-state index contributed by atoms with van der Waals surface area (Å²) < 4.78 is 33.5. The first-order chi connectivity index (χ1) is 11.4. The molecule has 1 unspecified atom stereocenters. The predicted octanol–water partition coefficient (Wildman–Crippen LogP) is 1.63. The Morgan fingerprint density at radius 3 is 2.79 bits per heavy atom. The molecule has 24 heavy (non-hydrogen) atoms. The van der Waals surface area contributed by atoms with Crippen molar-refractivity contribution in [2.75, 3.05) is 31.0 Å². The molecule has 1 aliphatic rings. The van der Waals surface area contributed by atoms with Gasteiger partial charge in [-0.25, -0.2) is 8.42 Å². The van der Waals surface area contributed by atoms with Crippen molar-refractivity contribution in [1.29, 1.82) is 0 Å². The Bertz CT molecular complexity index is 675. The number of carbonyl (C=O) groups excluding carboxylic acids is 1. The second kappa shape index (κ2) is 8.62. The first kappa shape index (κ1) is 18.9. The number of carbonyl (C=O) groups is 1. The van der Waals surface area contributed by atoms with Gasteiger partial charge in [0.25, 0.3) is 0 Å². The fourth-order valence-corrected chi connectivity index (χ4v) is 5.91. The van der Waals surface area contributed by atoms with Gasteiger partial charge in [-0.05, 0) is 31.0 Å². The summed E-state index contributed by atoms with van der Waals surface area (Å²) in [6.45, 7) is 2.85. The summed E-state index contributed by atoms with van der Waals surface area (Å²) >= 11 is 1.41. The van der Waals surface area contributed by atoms with Crippen LogP contribution in [0.15, 0.2) is 18.2 Å². The maximum Gasteiger partial charge on any atom is 0.230 e. The van der Waals surface area contributed by atoms with Crippen LogP contribution >= 0.6 is 11.8 Å². The minimum absolute atomic E-state index is 0.0336. The second-order valence-electron chi connectivity index (χ2n) is 5.53. The zero-order valence-corrected chi connectivity index (χ0v) is 15.5. The van der Waals surface area contributed by atoms with Crippen LogP contribution in [0.4, 0.5) is 0 Å². The van der Waals surface area contributed by atoms with Gasteiger partial charge in [0.15, 0.2) is 21.3 Å². The highest BCUT2D eigenvalue weighted by Gasteiger charge is 2.28. The van der Waals surface area contributed by atoms with E-state index in [-0.39, 0.29) is 28.4 Å². The average molecular weight is 373 g/mol. The fourth-order valence-electron chi connectivity index (χ4n) is 2.43. The van der Waals surface area contributed by atoms with Gasteiger partial charge in [0.2, 0.25) is 5.91 Å². The molecule has 1 aliphatic heterocycles. The number of hydrogen-bond acceptors (Lipinski definition) is 6. The molecule has 0 aromatic heterocycles. The topological polar surface area (TPSA) is 81.7 Å². The quantitative estimate of drug-likeness (QED) is 0.746. The third kappa shape index (κ3) is 5.59. The van der Waals surface area contributed by atoms with Crippen molar-refractivity contribution in [3.8, 4) is 11.5 Å². The lowest BCUT2D eigenvalue weighted by Gasteiger charge is -2.12. The number of methoxy groups -OCH3 is 1. The Hall–Kier alpha value is -1.41. The van der Waals surface area contributed by atoms with Crippen molar-refractivity contribution in [3.05, 3.63) is 23.8 Å². The van der Waals surface area contributed by atoms with Crippen LogP contribution in [0.25, 0.3) is 0 Å². The summed E-state index contributed by atoms with van der Waals surface area (Å²) in [4.78, 5) is 11.9. The van der Waals surface area contributed by atoms with Crippen molar-refractivity contribution < 1.29 is 22.7 Å². The normalized spacial score (nSPS) is 19.0. The molecule has 134 valence electrons. The smallest absolute Gasteiger partial charge is 0.230 e.